The molecule has 1 saturated heterocycles. The van der Waals surface area contributed by atoms with Crippen molar-refractivity contribution in [3.63, 3.8) is 0 Å². The molecular weight excluding hydrogens is 255 g/mol. The van der Waals surface area contributed by atoms with Crippen molar-refractivity contribution in [3.05, 3.63) is 24.0 Å². The number of nitrogens with two attached hydrogens (primary N) is 1. The number of anilines is 1. The molecule has 1 heterocycles. The molecule has 0 radical (unpaired) electrons. The van der Waals surface area contributed by atoms with Crippen LogP contribution < -0.4 is 5.73 Å². The van der Waals surface area contributed by atoms with Gasteiger partial charge in [-0.2, -0.15) is 0 Å². The molecule has 0 aromatic heterocycles. The van der Waals surface area contributed by atoms with Crippen molar-refractivity contribution in [2.75, 3.05) is 12.3 Å². The Morgan fingerprint density at radius 1 is 1.50 bits per heavy atom. The van der Waals surface area contributed by atoms with Gasteiger partial charge in [-0.1, -0.05) is 0 Å². The van der Waals surface area contributed by atoms with Gasteiger partial charge in [-0.25, -0.2) is 4.39 Å². The summed E-state index contributed by atoms with van der Waals surface area (Å²) in [6, 6.07) is 4.03. The van der Waals surface area contributed by atoms with Gasteiger partial charge in [0.2, 0.25) is 11.8 Å². The number of imide groups is 1. The van der Waals surface area contributed by atoms with Gasteiger partial charge in [0.25, 0.3) is 0 Å². The van der Waals surface area contributed by atoms with E-state index in [1.165, 1.54) is 34.9 Å². The maximum Gasteiger partial charge on any atom is 0.243 e. The zero-order valence-corrected chi connectivity index (χ0v) is 10.7. The lowest BCUT2D eigenvalue weighted by atomic mass is 10.3. The van der Waals surface area contributed by atoms with Crippen LogP contribution in [0.4, 0.5) is 10.1 Å². The molecule has 6 heteroatoms. The van der Waals surface area contributed by atoms with E-state index in [0.29, 0.717) is 11.4 Å². The summed E-state index contributed by atoms with van der Waals surface area (Å²) in [4.78, 5) is 25.3. The minimum Gasteiger partial charge on any atom is -0.398 e. The van der Waals surface area contributed by atoms with Gasteiger partial charge >= 0.3 is 0 Å². The molecule has 2 N–H and O–H groups in total. The Hall–Kier alpha value is -1.56. The van der Waals surface area contributed by atoms with Crippen molar-refractivity contribution in [1.29, 1.82) is 0 Å². The lowest BCUT2D eigenvalue weighted by molar-refractivity contribution is -0.137. The zero-order valence-electron chi connectivity index (χ0n) is 9.85. The minimum absolute atomic E-state index is 0.166. The molecule has 0 aliphatic carbocycles. The third-order valence-corrected chi connectivity index (χ3v) is 4.04. The summed E-state index contributed by atoms with van der Waals surface area (Å²) < 4.78 is 12.9. The van der Waals surface area contributed by atoms with E-state index in [-0.39, 0.29) is 23.9 Å². The normalized spacial score (nSPS) is 19.7. The van der Waals surface area contributed by atoms with Crippen molar-refractivity contribution >= 4 is 29.3 Å². The fraction of sp³-hybridized carbons (Fsp3) is 0.333. The number of hydrogen-bond acceptors (Lipinski definition) is 4. The Morgan fingerprint density at radius 2 is 2.22 bits per heavy atom. The number of nitrogen functional groups attached to an aromatic ring is 1. The van der Waals surface area contributed by atoms with Crippen molar-refractivity contribution in [1.82, 2.24) is 4.90 Å². The third kappa shape index (κ3) is 2.33. The van der Waals surface area contributed by atoms with Crippen molar-refractivity contribution < 1.29 is 14.0 Å². The van der Waals surface area contributed by atoms with Crippen LogP contribution in [0.5, 0.6) is 0 Å². The van der Waals surface area contributed by atoms with Gasteiger partial charge in [0, 0.05) is 23.5 Å². The van der Waals surface area contributed by atoms with Gasteiger partial charge in [-0.05, 0) is 25.1 Å². The second-order valence-electron chi connectivity index (χ2n) is 3.97. The molecule has 2 rings (SSSR count). The summed E-state index contributed by atoms with van der Waals surface area (Å²) in [5.41, 5.74) is 5.96. The summed E-state index contributed by atoms with van der Waals surface area (Å²) in [7, 11) is 0. The molecule has 1 aromatic carbocycles. The molecule has 1 unspecified atom stereocenters. The fourth-order valence-electron chi connectivity index (χ4n) is 1.86. The highest BCUT2D eigenvalue weighted by Gasteiger charge is 2.38. The second kappa shape index (κ2) is 4.97. The minimum atomic E-state index is -0.454. The van der Waals surface area contributed by atoms with Gasteiger partial charge in [0.15, 0.2) is 0 Å². The van der Waals surface area contributed by atoms with Crippen LogP contribution in [0.25, 0.3) is 0 Å². The molecule has 0 saturated carbocycles. The first kappa shape index (κ1) is 12.9. The van der Waals surface area contributed by atoms with E-state index < -0.39 is 11.1 Å². The molecule has 18 heavy (non-hydrogen) atoms. The Balaban J connectivity index is 2.15. The summed E-state index contributed by atoms with van der Waals surface area (Å²) in [6.45, 7) is 2.14. The lowest BCUT2D eigenvalue weighted by Crippen LogP contribution is -2.30. The number of nitrogens with zero attached hydrogens (tertiary/aromatic N) is 1. The molecule has 2 amide bonds. The highest BCUT2D eigenvalue weighted by Crippen LogP contribution is 2.34. The Morgan fingerprint density at radius 3 is 2.78 bits per heavy atom. The monoisotopic (exact) mass is 268 g/mol. The predicted octanol–water partition coefficient (Wildman–Crippen LogP) is 1.65. The molecular formula is C12H13FN2O2S. The van der Waals surface area contributed by atoms with Crippen LogP contribution >= 0.6 is 11.8 Å². The SMILES string of the molecule is CCN1C(=O)CC(Sc2ccc(F)cc2N)C1=O. The van der Waals surface area contributed by atoms with Crippen LogP contribution in [0.1, 0.15) is 13.3 Å². The molecule has 0 bridgehead atoms. The highest BCUT2D eigenvalue weighted by atomic mass is 32.2. The van der Waals surface area contributed by atoms with E-state index in [4.69, 9.17) is 5.73 Å². The summed E-state index contributed by atoms with van der Waals surface area (Å²) in [6.07, 6.45) is 0.175. The fourth-order valence-corrected chi connectivity index (χ4v) is 2.96. The number of halogens is 1. The van der Waals surface area contributed by atoms with E-state index in [1.54, 1.807) is 6.92 Å². The third-order valence-electron chi connectivity index (χ3n) is 2.76. The van der Waals surface area contributed by atoms with E-state index >= 15 is 0 Å². The van der Waals surface area contributed by atoms with E-state index in [1.807, 2.05) is 0 Å². The number of carbonyl (C=O) groups is 2. The molecule has 96 valence electrons. The maximum absolute atomic E-state index is 12.9. The number of rotatable bonds is 3. The van der Waals surface area contributed by atoms with Crippen molar-refractivity contribution in [3.8, 4) is 0 Å². The maximum atomic E-state index is 12.9. The van der Waals surface area contributed by atoms with Crippen LogP contribution in [0, 0.1) is 5.82 Å². The Kier molecular flexibility index (Phi) is 3.56. The number of benzene rings is 1. The smallest absolute Gasteiger partial charge is 0.243 e. The first-order valence-corrected chi connectivity index (χ1v) is 6.46. The highest BCUT2D eigenvalue weighted by molar-refractivity contribution is 8.00. The molecule has 1 atom stereocenters. The standard InChI is InChI=1S/C12H13FN2O2S/c1-2-15-11(16)6-10(12(15)17)18-9-4-3-7(13)5-8(9)14/h3-5,10H,2,6,14H2,1H3. The van der Waals surface area contributed by atoms with Crippen molar-refractivity contribution in [2.24, 2.45) is 0 Å². The summed E-state index contributed by atoms with van der Waals surface area (Å²) in [5, 5.41) is -0.454. The molecule has 1 aromatic rings. The van der Waals surface area contributed by atoms with Crippen LogP contribution in [0.15, 0.2) is 23.1 Å². The van der Waals surface area contributed by atoms with Crippen LogP contribution in [0.2, 0.25) is 0 Å². The van der Waals surface area contributed by atoms with E-state index in [2.05, 4.69) is 0 Å². The summed E-state index contributed by atoms with van der Waals surface area (Å²) >= 11 is 1.21. The number of likely N-dealkylation sites (tertiary alicyclic amines) is 1. The topological polar surface area (TPSA) is 63.4 Å². The van der Waals surface area contributed by atoms with Gasteiger partial charge < -0.3 is 5.73 Å². The van der Waals surface area contributed by atoms with Crippen LogP contribution in [-0.2, 0) is 9.59 Å². The first-order chi connectivity index (χ1) is 8.52. The Bertz CT molecular complexity index is 507. The van der Waals surface area contributed by atoms with E-state index in [9.17, 15) is 14.0 Å². The zero-order chi connectivity index (χ0) is 13.3. The number of hydrogen-bond donors (Lipinski definition) is 1. The largest absolute Gasteiger partial charge is 0.398 e. The quantitative estimate of drug-likeness (QED) is 0.668. The van der Waals surface area contributed by atoms with Gasteiger partial charge in [0.1, 0.15) is 5.82 Å². The van der Waals surface area contributed by atoms with Crippen molar-refractivity contribution in [2.45, 2.75) is 23.5 Å². The molecule has 1 fully saturated rings. The number of carbonyl (C=O) groups excluding carboxylic acids is 2. The molecule has 1 aliphatic rings. The molecule has 0 spiro atoms. The second-order valence-corrected chi connectivity index (χ2v) is 5.21. The molecule has 4 nitrogen and oxygen atoms in total. The first-order valence-electron chi connectivity index (χ1n) is 5.58. The van der Waals surface area contributed by atoms with Gasteiger partial charge in [-0.3, -0.25) is 14.5 Å². The van der Waals surface area contributed by atoms with Gasteiger partial charge in [0.05, 0.1) is 5.25 Å². The summed E-state index contributed by atoms with van der Waals surface area (Å²) in [5.74, 6) is -0.780. The molecule has 1 aliphatic heterocycles. The number of amides is 2. The average molecular weight is 268 g/mol. The predicted molar refractivity (Wildman–Crippen MR) is 67.5 cm³/mol. The lowest BCUT2D eigenvalue weighted by Gasteiger charge is -2.12. The van der Waals surface area contributed by atoms with Crippen LogP contribution in [0.3, 0.4) is 0 Å². The number of thioether (sulfide) groups is 1. The average Bonchev–Trinajstić information content (AvgIpc) is 2.58. The van der Waals surface area contributed by atoms with Crippen LogP contribution in [-0.4, -0.2) is 28.5 Å². The van der Waals surface area contributed by atoms with Gasteiger partial charge in [-0.15, -0.1) is 11.8 Å². The van der Waals surface area contributed by atoms with E-state index in [0.717, 1.165) is 0 Å². The Labute approximate surface area is 108 Å².